The summed E-state index contributed by atoms with van der Waals surface area (Å²) in [6.45, 7) is -0.208. The van der Waals surface area contributed by atoms with E-state index in [4.69, 9.17) is 10.5 Å². The van der Waals surface area contributed by atoms with Crippen molar-refractivity contribution >= 4 is 50.9 Å². The monoisotopic (exact) mass is 502 g/mol. The van der Waals surface area contributed by atoms with Crippen LogP contribution >= 0.6 is 23.1 Å². The van der Waals surface area contributed by atoms with E-state index in [0.717, 1.165) is 47.5 Å². The Kier molecular flexibility index (Phi) is 7.27. The molecule has 178 valence electrons. The van der Waals surface area contributed by atoms with Crippen LogP contribution in [0, 0.1) is 10.1 Å². The minimum Gasteiger partial charge on any atom is -0.461 e. The molecule has 12 heteroatoms. The second-order valence-corrected chi connectivity index (χ2v) is 10.1. The van der Waals surface area contributed by atoms with Gasteiger partial charge in [0.25, 0.3) is 11.2 Å². The van der Waals surface area contributed by atoms with E-state index in [0.29, 0.717) is 22.9 Å². The molecule has 0 spiro atoms. The van der Waals surface area contributed by atoms with Gasteiger partial charge < -0.3 is 15.5 Å². The standard InChI is InChI=1S/C22H22N4O6S2/c23-20(28)13-7-12(8-14(9-13)26(30)31)10-32-18(27)5-6-33-11-17-24-21(29)19-15-3-1-2-4-16(15)34-22(19)25-17/h7-9H,1-6,10-11H2,(H2,23,28)(H,24,25,29). The minimum atomic E-state index is -0.805. The number of H-pyrrole nitrogens is 1. The van der Waals surface area contributed by atoms with E-state index in [2.05, 4.69) is 9.97 Å². The highest BCUT2D eigenvalue weighted by atomic mass is 32.2. The predicted molar refractivity (Wildman–Crippen MR) is 129 cm³/mol. The summed E-state index contributed by atoms with van der Waals surface area (Å²) in [6, 6.07) is 3.67. The fraction of sp³-hybridized carbons (Fsp3) is 0.364. The molecule has 0 aliphatic heterocycles. The Morgan fingerprint density at radius 2 is 2.06 bits per heavy atom. The van der Waals surface area contributed by atoms with Gasteiger partial charge in [-0.25, -0.2) is 4.98 Å². The number of hydrogen-bond acceptors (Lipinski definition) is 9. The van der Waals surface area contributed by atoms with Crippen molar-refractivity contribution in [3.63, 3.8) is 0 Å². The number of esters is 1. The summed E-state index contributed by atoms with van der Waals surface area (Å²) in [5.74, 6) is 0.185. The number of thioether (sulfide) groups is 1. The fourth-order valence-electron chi connectivity index (χ4n) is 3.84. The SMILES string of the molecule is NC(=O)c1cc(COC(=O)CCSCc2nc3sc4c(c3c(=O)[nH]2)CCCC4)cc([N+](=O)[O-])c1. The number of thiophene rings is 1. The highest BCUT2D eigenvalue weighted by Gasteiger charge is 2.20. The summed E-state index contributed by atoms with van der Waals surface area (Å²) in [5, 5.41) is 11.7. The Morgan fingerprint density at radius 3 is 2.82 bits per heavy atom. The Morgan fingerprint density at radius 1 is 1.26 bits per heavy atom. The highest BCUT2D eigenvalue weighted by Crippen LogP contribution is 2.33. The quantitative estimate of drug-likeness (QED) is 0.195. The van der Waals surface area contributed by atoms with Crippen LogP contribution in [-0.4, -0.2) is 32.5 Å². The summed E-state index contributed by atoms with van der Waals surface area (Å²) in [4.78, 5) is 55.9. The molecular weight excluding hydrogens is 480 g/mol. The first-order valence-electron chi connectivity index (χ1n) is 10.7. The van der Waals surface area contributed by atoms with Gasteiger partial charge in [0, 0.05) is 28.3 Å². The normalized spacial score (nSPS) is 12.9. The van der Waals surface area contributed by atoms with E-state index in [1.54, 1.807) is 11.3 Å². The number of aryl methyl sites for hydroxylation is 2. The number of non-ortho nitro benzene ring substituents is 1. The largest absolute Gasteiger partial charge is 0.461 e. The van der Waals surface area contributed by atoms with Crippen LogP contribution in [0.4, 0.5) is 5.69 Å². The zero-order valence-corrected chi connectivity index (χ0v) is 19.8. The maximum Gasteiger partial charge on any atom is 0.306 e. The van der Waals surface area contributed by atoms with E-state index >= 15 is 0 Å². The van der Waals surface area contributed by atoms with Crippen LogP contribution in [0.1, 0.15) is 51.4 Å². The molecule has 34 heavy (non-hydrogen) atoms. The third kappa shape index (κ3) is 5.45. The van der Waals surface area contributed by atoms with Crippen molar-refractivity contribution in [1.29, 1.82) is 0 Å². The van der Waals surface area contributed by atoms with Crippen molar-refractivity contribution in [1.82, 2.24) is 9.97 Å². The van der Waals surface area contributed by atoms with Gasteiger partial charge >= 0.3 is 5.97 Å². The van der Waals surface area contributed by atoms with Gasteiger partial charge in [0.2, 0.25) is 5.91 Å². The van der Waals surface area contributed by atoms with Crippen molar-refractivity contribution in [3.8, 4) is 0 Å². The molecule has 0 radical (unpaired) electrons. The molecule has 1 amide bonds. The average Bonchev–Trinajstić information content (AvgIpc) is 3.19. The van der Waals surface area contributed by atoms with E-state index in [9.17, 15) is 24.5 Å². The first-order valence-corrected chi connectivity index (χ1v) is 12.6. The van der Waals surface area contributed by atoms with Crippen molar-refractivity contribution in [2.45, 2.75) is 44.5 Å². The molecule has 0 bridgehead atoms. The Balaban J connectivity index is 1.29. The van der Waals surface area contributed by atoms with Crippen LogP contribution in [0.3, 0.4) is 0 Å². The molecule has 10 nitrogen and oxygen atoms in total. The summed E-state index contributed by atoms with van der Waals surface area (Å²) >= 11 is 3.04. The average molecular weight is 503 g/mol. The summed E-state index contributed by atoms with van der Waals surface area (Å²) in [5.41, 5.74) is 6.22. The van der Waals surface area contributed by atoms with Crippen molar-refractivity contribution in [2.24, 2.45) is 5.73 Å². The zero-order valence-electron chi connectivity index (χ0n) is 18.1. The van der Waals surface area contributed by atoms with E-state index < -0.39 is 16.8 Å². The minimum absolute atomic E-state index is 0.0270. The molecule has 2 aromatic heterocycles. The Hall–Kier alpha value is -3.25. The smallest absolute Gasteiger partial charge is 0.306 e. The molecule has 1 aromatic carbocycles. The first kappa shape index (κ1) is 23.9. The van der Waals surface area contributed by atoms with Gasteiger partial charge in [0.1, 0.15) is 17.3 Å². The molecule has 2 heterocycles. The Labute approximate surface area is 202 Å². The molecule has 3 N–H and O–H groups in total. The lowest BCUT2D eigenvalue weighted by Gasteiger charge is -2.09. The molecule has 1 aliphatic carbocycles. The number of aromatic nitrogens is 2. The molecular formula is C22H22N4O6S2. The maximum absolute atomic E-state index is 12.6. The van der Waals surface area contributed by atoms with Crippen molar-refractivity contribution in [2.75, 3.05) is 5.75 Å². The van der Waals surface area contributed by atoms with Gasteiger partial charge in [-0.1, -0.05) is 0 Å². The second kappa shape index (κ2) is 10.3. The number of amides is 1. The number of nitrogens with two attached hydrogens (primary N) is 1. The van der Waals surface area contributed by atoms with E-state index in [1.807, 2.05) is 0 Å². The number of rotatable bonds is 9. The van der Waals surface area contributed by atoms with Crippen molar-refractivity contribution < 1.29 is 19.2 Å². The second-order valence-electron chi connectivity index (χ2n) is 7.88. The first-order chi connectivity index (χ1) is 16.3. The van der Waals surface area contributed by atoms with Crippen molar-refractivity contribution in [3.05, 3.63) is 66.1 Å². The molecule has 0 unspecified atom stereocenters. The molecule has 0 saturated heterocycles. The number of carbonyl (C=O) groups excluding carboxylic acids is 2. The predicted octanol–water partition coefficient (Wildman–Crippen LogP) is 3.24. The van der Waals surface area contributed by atoms with Crippen LogP contribution in [0.25, 0.3) is 10.2 Å². The number of nitrogens with one attached hydrogen (secondary N) is 1. The maximum atomic E-state index is 12.6. The number of aromatic amines is 1. The summed E-state index contributed by atoms with van der Waals surface area (Å²) in [6.07, 6.45) is 4.28. The van der Waals surface area contributed by atoms with Crippen LogP contribution in [-0.2, 0) is 34.7 Å². The molecule has 4 rings (SSSR count). The molecule has 0 fully saturated rings. The molecule has 3 aromatic rings. The number of nitro benzene ring substituents is 1. The van der Waals surface area contributed by atoms with Crippen LogP contribution in [0.15, 0.2) is 23.0 Å². The van der Waals surface area contributed by atoms with Gasteiger partial charge in [-0.2, -0.15) is 11.8 Å². The lowest BCUT2D eigenvalue weighted by Crippen LogP contribution is -2.13. The van der Waals surface area contributed by atoms with Gasteiger partial charge in [-0.3, -0.25) is 24.5 Å². The Bertz CT molecular complexity index is 1300. The van der Waals surface area contributed by atoms with Crippen LogP contribution in [0.2, 0.25) is 0 Å². The topological polar surface area (TPSA) is 158 Å². The van der Waals surface area contributed by atoms with Crippen LogP contribution in [0.5, 0.6) is 0 Å². The van der Waals surface area contributed by atoms with E-state index in [-0.39, 0.29) is 29.8 Å². The number of nitro groups is 1. The van der Waals surface area contributed by atoms with Gasteiger partial charge in [-0.05, 0) is 42.9 Å². The van der Waals surface area contributed by atoms with Gasteiger partial charge in [0.05, 0.1) is 22.5 Å². The number of hydrogen-bond donors (Lipinski definition) is 2. The molecule has 0 atom stereocenters. The fourth-order valence-corrected chi connectivity index (χ4v) is 5.91. The van der Waals surface area contributed by atoms with E-state index in [1.165, 1.54) is 28.8 Å². The third-order valence-corrected chi connectivity index (χ3v) is 7.59. The number of primary amides is 1. The van der Waals surface area contributed by atoms with Gasteiger partial charge in [-0.15, -0.1) is 11.3 Å². The van der Waals surface area contributed by atoms with Crippen LogP contribution < -0.4 is 11.3 Å². The highest BCUT2D eigenvalue weighted by molar-refractivity contribution is 7.98. The lowest BCUT2D eigenvalue weighted by molar-refractivity contribution is -0.385. The lowest BCUT2D eigenvalue weighted by atomic mass is 9.97. The zero-order chi connectivity index (χ0) is 24.2. The third-order valence-electron chi connectivity index (χ3n) is 5.44. The molecule has 0 saturated carbocycles. The summed E-state index contributed by atoms with van der Waals surface area (Å²) in [7, 11) is 0. The number of ether oxygens (including phenoxy) is 1. The number of benzene rings is 1. The molecule has 1 aliphatic rings. The number of carbonyl (C=O) groups is 2. The summed E-state index contributed by atoms with van der Waals surface area (Å²) < 4.78 is 5.17. The number of fused-ring (bicyclic) bond motifs is 3. The number of nitrogens with zero attached hydrogens (tertiary/aromatic N) is 2. The van der Waals surface area contributed by atoms with Gasteiger partial charge in [0.15, 0.2) is 0 Å².